The highest BCUT2D eigenvalue weighted by molar-refractivity contribution is 5.92. The van der Waals surface area contributed by atoms with Crippen LogP contribution in [0.4, 0.5) is 5.69 Å². The average Bonchev–Trinajstić information content (AvgIpc) is 2.38. The molecule has 1 aromatic heterocycles. The average molecular weight is 250 g/mol. The van der Waals surface area contributed by atoms with Crippen LogP contribution < -0.4 is 16.4 Å². The van der Waals surface area contributed by atoms with E-state index in [4.69, 9.17) is 5.73 Å². The number of amides is 2. The Bertz CT molecular complexity index is 403. The van der Waals surface area contributed by atoms with Crippen LogP contribution in [-0.4, -0.2) is 30.4 Å². The number of primary amides is 1. The molecule has 0 aliphatic carbocycles. The molecular formula is C12H18N4O2. The van der Waals surface area contributed by atoms with Crippen molar-refractivity contribution in [3.05, 3.63) is 24.0 Å². The number of carbonyl (C=O) groups excluding carboxylic acids is 2. The molecule has 0 fully saturated rings. The van der Waals surface area contributed by atoms with E-state index < -0.39 is 0 Å². The van der Waals surface area contributed by atoms with Gasteiger partial charge in [0.1, 0.15) is 5.69 Å². The van der Waals surface area contributed by atoms with Gasteiger partial charge in [-0.2, -0.15) is 0 Å². The molecule has 0 atom stereocenters. The lowest BCUT2D eigenvalue weighted by Crippen LogP contribution is -2.25. The van der Waals surface area contributed by atoms with E-state index in [0.29, 0.717) is 25.1 Å². The van der Waals surface area contributed by atoms with Crippen molar-refractivity contribution in [1.29, 1.82) is 0 Å². The van der Waals surface area contributed by atoms with E-state index in [-0.39, 0.29) is 11.8 Å². The predicted octanol–water partition coefficient (Wildman–Crippen LogP) is 0.509. The van der Waals surface area contributed by atoms with E-state index in [9.17, 15) is 9.59 Å². The molecule has 2 amide bonds. The monoisotopic (exact) mass is 250 g/mol. The summed E-state index contributed by atoms with van der Waals surface area (Å²) in [6.45, 7) is 0.515. The topological polar surface area (TPSA) is 97.1 Å². The third kappa shape index (κ3) is 4.82. The number of aromatic nitrogens is 1. The fourth-order valence-corrected chi connectivity index (χ4v) is 1.39. The summed E-state index contributed by atoms with van der Waals surface area (Å²) in [6.07, 6.45) is 3.36. The Morgan fingerprint density at radius 2 is 2.11 bits per heavy atom. The van der Waals surface area contributed by atoms with Gasteiger partial charge in [-0.15, -0.1) is 0 Å². The summed E-state index contributed by atoms with van der Waals surface area (Å²) in [4.78, 5) is 26.2. The quantitative estimate of drug-likeness (QED) is 0.614. The molecule has 98 valence electrons. The first-order valence-corrected chi connectivity index (χ1v) is 5.84. The summed E-state index contributed by atoms with van der Waals surface area (Å²) in [5, 5.41) is 5.66. The summed E-state index contributed by atoms with van der Waals surface area (Å²) in [5.74, 6) is -0.526. The van der Waals surface area contributed by atoms with E-state index in [0.717, 1.165) is 12.1 Å². The van der Waals surface area contributed by atoms with E-state index in [1.54, 1.807) is 25.4 Å². The van der Waals surface area contributed by atoms with Crippen molar-refractivity contribution in [2.24, 2.45) is 5.73 Å². The van der Waals surface area contributed by atoms with Gasteiger partial charge in [0, 0.05) is 20.0 Å². The van der Waals surface area contributed by atoms with E-state index in [2.05, 4.69) is 15.6 Å². The zero-order chi connectivity index (χ0) is 13.4. The van der Waals surface area contributed by atoms with Gasteiger partial charge in [-0.1, -0.05) is 0 Å². The van der Waals surface area contributed by atoms with Gasteiger partial charge in [-0.3, -0.25) is 9.59 Å². The van der Waals surface area contributed by atoms with Crippen LogP contribution in [0.15, 0.2) is 18.3 Å². The van der Waals surface area contributed by atoms with Crippen LogP contribution in [0.5, 0.6) is 0 Å². The van der Waals surface area contributed by atoms with Crippen molar-refractivity contribution in [1.82, 2.24) is 10.3 Å². The van der Waals surface area contributed by atoms with Crippen molar-refractivity contribution >= 4 is 17.5 Å². The second-order valence-corrected chi connectivity index (χ2v) is 3.86. The first-order chi connectivity index (χ1) is 8.63. The summed E-state index contributed by atoms with van der Waals surface area (Å²) < 4.78 is 0. The Morgan fingerprint density at radius 1 is 1.33 bits per heavy atom. The van der Waals surface area contributed by atoms with Gasteiger partial charge in [0.05, 0.1) is 11.9 Å². The fraction of sp³-hybridized carbons (Fsp3) is 0.417. The number of anilines is 1. The van der Waals surface area contributed by atoms with Crippen LogP contribution >= 0.6 is 0 Å². The Hall–Kier alpha value is -2.11. The molecule has 6 heteroatoms. The molecular weight excluding hydrogens is 232 g/mol. The predicted molar refractivity (Wildman–Crippen MR) is 69.2 cm³/mol. The van der Waals surface area contributed by atoms with Gasteiger partial charge in [0.25, 0.3) is 5.91 Å². The van der Waals surface area contributed by atoms with Crippen LogP contribution in [-0.2, 0) is 4.79 Å². The highest BCUT2D eigenvalue weighted by Crippen LogP contribution is 2.04. The number of nitrogens with one attached hydrogen (secondary N) is 2. The van der Waals surface area contributed by atoms with Gasteiger partial charge >= 0.3 is 0 Å². The second kappa shape index (κ2) is 7.26. The van der Waals surface area contributed by atoms with Crippen LogP contribution in [0.2, 0.25) is 0 Å². The summed E-state index contributed by atoms with van der Waals surface area (Å²) in [7, 11) is 1.79. The molecule has 1 aromatic rings. The first kappa shape index (κ1) is 14.0. The molecule has 1 heterocycles. The van der Waals surface area contributed by atoms with Crippen molar-refractivity contribution in [2.45, 2.75) is 19.3 Å². The molecule has 0 aliphatic rings. The third-order valence-corrected chi connectivity index (χ3v) is 2.42. The minimum Gasteiger partial charge on any atom is -0.387 e. The summed E-state index contributed by atoms with van der Waals surface area (Å²) in [5.41, 5.74) is 6.24. The zero-order valence-corrected chi connectivity index (χ0v) is 10.4. The van der Waals surface area contributed by atoms with Crippen LogP contribution in [0.1, 0.15) is 29.8 Å². The van der Waals surface area contributed by atoms with Gasteiger partial charge in [-0.25, -0.2) is 4.98 Å². The minimum absolute atomic E-state index is 0.211. The SMILES string of the molecule is CNc1ccc(C(=O)NCCCCC(N)=O)nc1. The molecule has 0 saturated heterocycles. The Labute approximate surface area is 106 Å². The van der Waals surface area contributed by atoms with Crippen LogP contribution in [0.25, 0.3) is 0 Å². The normalized spacial score (nSPS) is 9.83. The Morgan fingerprint density at radius 3 is 2.67 bits per heavy atom. The van der Waals surface area contributed by atoms with Crippen LogP contribution in [0, 0.1) is 0 Å². The van der Waals surface area contributed by atoms with Crippen molar-refractivity contribution in [3.8, 4) is 0 Å². The number of nitrogens with zero attached hydrogens (tertiary/aromatic N) is 1. The first-order valence-electron chi connectivity index (χ1n) is 5.84. The number of unbranched alkanes of at least 4 members (excludes halogenated alkanes) is 1. The van der Waals surface area contributed by atoms with Crippen LogP contribution in [0.3, 0.4) is 0 Å². The molecule has 4 N–H and O–H groups in total. The number of hydrogen-bond donors (Lipinski definition) is 3. The van der Waals surface area contributed by atoms with Crippen molar-refractivity contribution in [3.63, 3.8) is 0 Å². The third-order valence-electron chi connectivity index (χ3n) is 2.42. The van der Waals surface area contributed by atoms with Gasteiger partial charge in [0.2, 0.25) is 5.91 Å². The summed E-state index contributed by atoms with van der Waals surface area (Å²) >= 11 is 0. The lowest BCUT2D eigenvalue weighted by atomic mass is 10.2. The van der Waals surface area contributed by atoms with E-state index in [1.165, 1.54) is 0 Å². The fourth-order valence-electron chi connectivity index (χ4n) is 1.39. The maximum atomic E-state index is 11.7. The van der Waals surface area contributed by atoms with Crippen molar-refractivity contribution in [2.75, 3.05) is 18.9 Å². The summed E-state index contributed by atoms with van der Waals surface area (Å²) in [6, 6.07) is 3.44. The van der Waals surface area contributed by atoms with Gasteiger partial charge < -0.3 is 16.4 Å². The highest BCUT2D eigenvalue weighted by atomic mass is 16.2. The number of hydrogen-bond acceptors (Lipinski definition) is 4. The maximum Gasteiger partial charge on any atom is 0.269 e. The molecule has 0 spiro atoms. The lowest BCUT2D eigenvalue weighted by Gasteiger charge is -2.05. The number of pyridine rings is 1. The molecule has 0 radical (unpaired) electrons. The molecule has 0 unspecified atom stereocenters. The smallest absolute Gasteiger partial charge is 0.269 e. The van der Waals surface area contributed by atoms with Gasteiger partial charge in [-0.05, 0) is 25.0 Å². The zero-order valence-electron chi connectivity index (χ0n) is 10.4. The number of rotatable bonds is 7. The Balaban J connectivity index is 2.29. The number of nitrogens with two attached hydrogens (primary N) is 1. The molecule has 18 heavy (non-hydrogen) atoms. The largest absolute Gasteiger partial charge is 0.387 e. The molecule has 1 rings (SSSR count). The highest BCUT2D eigenvalue weighted by Gasteiger charge is 2.05. The van der Waals surface area contributed by atoms with Gasteiger partial charge in [0.15, 0.2) is 0 Å². The second-order valence-electron chi connectivity index (χ2n) is 3.86. The standard InChI is InChI=1S/C12H18N4O2/c1-14-9-5-6-10(16-8-9)12(18)15-7-3-2-4-11(13)17/h5-6,8,14H,2-4,7H2,1H3,(H2,13,17)(H,15,18). The number of carbonyl (C=O) groups is 2. The molecule has 0 aromatic carbocycles. The molecule has 0 aliphatic heterocycles. The molecule has 0 saturated carbocycles. The lowest BCUT2D eigenvalue weighted by molar-refractivity contribution is -0.118. The Kier molecular flexibility index (Phi) is 5.63. The molecule has 6 nitrogen and oxygen atoms in total. The maximum absolute atomic E-state index is 11.7. The van der Waals surface area contributed by atoms with E-state index >= 15 is 0 Å². The molecule has 0 bridgehead atoms. The minimum atomic E-state index is -0.314. The van der Waals surface area contributed by atoms with E-state index in [1.807, 2.05) is 0 Å². The van der Waals surface area contributed by atoms with Crippen molar-refractivity contribution < 1.29 is 9.59 Å².